The predicted molar refractivity (Wildman–Crippen MR) is 88.0 cm³/mol. The van der Waals surface area contributed by atoms with E-state index in [0.717, 1.165) is 12.3 Å². The monoisotopic (exact) mass is 320 g/mol. The topological polar surface area (TPSA) is 0 Å². The van der Waals surface area contributed by atoms with Gasteiger partial charge in [-0.1, -0.05) is 44.7 Å². The summed E-state index contributed by atoms with van der Waals surface area (Å²) in [6, 6.07) is 4.89. The zero-order valence-electron chi connectivity index (χ0n) is 13.8. The zero-order chi connectivity index (χ0) is 16.6. The number of aryl methyl sites for hydroxylation is 2. The fourth-order valence-corrected chi connectivity index (χ4v) is 3.70. The van der Waals surface area contributed by atoms with Crippen LogP contribution in [-0.4, -0.2) is 0 Å². The quantitative estimate of drug-likeness (QED) is 0.620. The van der Waals surface area contributed by atoms with E-state index in [1.54, 1.807) is 25.1 Å². The van der Waals surface area contributed by atoms with E-state index in [9.17, 15) is 13.2 Å². The fourth-order valence-electron chi connectivity index (χ4n) is 3.70. The van der Waals surface area contributed by atoms with Crippen molar-refractivity contribution in [2.75, 3.05) is 0 Å². The van der Waals surface area contributed by atoms with Crippen LogP contribution in [0.25, 0.3) is 10.8 Å². The highest BCUT2D eigenvalue weighted by atomic mass is 19.2. The van der Waals surface area contributed by atoms with Crippen molar-refractivity contribution in [1.29, 1.82) is 0 Å². The molecule has 3 heteroatoms. The molecular weight excluding hydrogens is 297 g/mol. The van der Waals surface area contributed by atoms with Gasteiger partial charge in [0, 0.05) is 0 Å². The average Bonchev–Trinajstić information content (AvgIpc) is 2.54. The van der Waals surface area contributed by atoms with Crippen molar-refractivity contribution < 1.29 is 13.2 Å². The Kier molecular flexibility index (Phi) is 4.65. The first-order valence-corrected chi connectivity index (χ1v) is 8.53. The van der Waals surface area contributed by atoms with Crippen LogP contribution in [0.3, 0.4) is 0 Å². The molecule has 0 saturated heterocycles. The molecule has 0 spiro atoms. The van der Waals surface area contributed by atoms with Crippen LogP contribution < -0.4 is 0 Å². The lowest BCUT2D eigenvalue weighted by molar-refractivity contribution is 0.277. The SMILES string of the molecule is Cc1ccc2cc(CCC3CCC(C)CC3)c(F)c(F)c2c1F. The molecular formula is C20H23F3. The van der Waals surface area contributed by atoms with E-state index >= 15 is 0 Å². The normalized spacial score (nSPS) is 21.8. The van der Waals surface area contributed by atoms with Crippen LogP contribution in [0.4, 0.5) is 13.2 Å². The molecule has 1 fully saturated rings. The Morgan fingerprint density at radius 2 is 1.65 bits per heavy atom. The van der Waals surface area contributed by atoms with Crippen LogP contribution in [0.15, 0.2) is 18.2 Å². The number of fused-ring (bicyclic) bond motifs is 1. The lowest BCUT2D eigenvalue weighted by atomic mass is 9.80. The molecule has 2 aromatic rings. The number of benzene rings is 2. The first kappa shape index (κ1) is 16.4. The fraction of sp³-hybridized carbons (Fsp3) is 0.500. The van der Waals surface area contributed by atoms with Crippen molar-refractivity contribution in [3.05, 3.63) is 46.8 Å². The molecule has 0 aromatic heterocycles. The standard InChI is InChI=1S/C20H23F3/c1-12-3-6-14(7-4-12)8-10-16-11-15-9-5-13(2)18(21)17(15)20(23)19(16)22/h5,9,11-12,14H,3-4,6-8,10H2,1-2H3. The smallest absolute Gasteiger partial charge is 0.169 e. The number of hydrogen-bond acceptors (Lipinski definition) is 0. The molecule has 3 rings (SSSR count). The van der Waals surface area contributed by atoms with Gasteiger partial charge in [-0.2, -0.15) is 0 Å². The molecule has 124 valence electrons. The van der Waals surface area contributed by atoms with E-state index < -0.39 is 17.5 Å². The van der Waals surface area contributed by atoms with Gasteiger partial charge in [0.05, 0.1) is 5.39 Å². The highest BCUT2D eigenvalue weighted by Crippen LogP contribution is 2.33. The van der Waals surface area contributed by atoms with E-state index in [2.05, 4.69) is 6.92 Å². The van der Waals surface area contributed by atoms with Crippen molar-refractivity contribution in [1.82, 2.24) is 0 Å². The molecule has 0 radical (unpaired) electrons. The molecule has 0 amide bonds. The molecule has 0 atom stereocenters. The lowest BCUT2D eigenvalue weighted by Gasteiger charge is -2.26. The summed E-state index contributed by atoms with van der Waals surface area (Å²) in [5.41, 5.74) is 0.705. The summed E-state index contributed by atoms with van der Waals surface area (Å²) >= 11 is 0. The van der Waals surface area contributed by atoms with E-state index in [-0.39, 0.29) is 5.39 Å². The summed E-state index contributed by atoms with van der Waals surface area (Å²) in [5.74, 6) is -1.21. The van der Waals surface area contributed by atoms with Crippen LogP contribution in [0.2, 0.25) is 0 Å². The third-order valence-electron chi connectivity index (χ3n) is 5.35. The number of rotatable bonds is 3. The molecule has 0 bridgehead atoms. The van der Waals surface area contributed by atoms with E-state index in [1.165, 1.54) is 25.7 Å². The highest BCUT2D eigenvalue weighted by molar-refractivity contribution is 5.85. The van der Waals surface area contributed by atoms with Gasteiger partial charge >= 0.3 is 0 Å². The molecule has 23 heavy (non-hydrogen) atoms. The highest BCUT2D eigenvalue weighted by Gasteiger charge is 2.21. The van der Waals surface area contributed by atoms with Gasteiger partial charge in [0.25, 0.3) is 0 Å². The summed E-state index contributed by atoms with van der Waals surface area (Å²) in [6.45, 7) is 3.83. The minimum absolute atomic E-state index is 0.224. The van der Waals surface area contributed by atoms with Gasteiger partial charge in [-0.15, -0.1) is 0 Å². The van der Waals surface area contributed by atoms with Crippen LogP contribution >= 0.6 is 0 Å². The maximum absolute atomic E-state index is 14.3. The minimum Gasteiger partial charge on any atom is -0.206 e. The van der Waals surface area contributed by atoms with Crippen molar-refractivity contribution in [3.63, 3.8) is 0 Å². The summed E-state index contributed by atoms with van der Waals surface area (Å²) in [6.07, 6.45) is 6.20. The van der Waals surface area contributed by atoms with Gasteiger partial charge in [0.15, 0.2) is 11.6 Å². The molecule has 1 aliphatic rings. The van der Waals surface area contributed by atoms with Crippen molar-refractivity contribution in [3.8, 4) is 0 Å². The first-order valence-electron chi connectivity index (χ1n) is 8.53. The largest absolute Gasteiger partial charge is 0.206 e. The van der Waals surface area contributed by atoms with Crippen LogP contribution in [0, 0.1) is 36.2 Å². The van der Waals surface area contributed by atoms with Crippen LogP contribution in [0.1, 0.15) is 50.2 Å². The van der Waals surface area contributed by atoms with Gasteiger partial charge in [-0.3, -0.25) is 0 Å². The van der Waals surface area contributed by atoms with Crippen molar-refractivity contribution in [2.45, 2.75) is 52.4 Å². The Morgan fingerprint density at radius 3 is 2.35 bits per heavy atom. The summed E-state index contributed by atoms with van der Waals surface area (Å²) in [7, 11) is 0. The summed E-state index contributed by atoms with van der Waals surface area (Å²) in [5, 5.41) is 0.219. The van der Waals surface area contributed by atoms with E-state index in [0.29, 0.717) is 28.9 Å². The number of halogens is 3. The second kappa shape index (κ2) is 6.54. The number of hydrogen-bond donors (Lipinski definition) is 0. The van der Waals surface area contributed by atoms with Crippen molar-refractivity contribution in [2.24, 2.45) is 11.8 Å². The minimum atomic E-state index is -1.05. The third kappa shape index (κ3) is 3.24. The summed E-state index contributed by atoms with van der Waals surface area (Å²) < 4.78 is 42.7. The summed E-state index contributed by atoms with van der Waals surface area (Å²) in [4.78, 5) is 0. The molecule has 1 saturated carbocycles. The van der Waals surface area contributed by atoms with Gasteiger partial charge in [0.1, 0.15) is 5.82 Å². The molecule has 0 N–H and O–H groups in total. The second-order valence-corrected chi connectivity index (χ2v) is 7.12. The van der Waals surface area contributed by atoms with Crippen molar-refractivity contribution >= 4 is 10.8 Å². The average molecular weight is 320 g/mol. The second-order valence-electron chi connectivity index (χ2n) is 7.12. The Bertz CT molecular complexity index is 713. The molecule has 0 unspecified atom stereocenters. The van der Waals surface area contributed by atoms with Crippen LogP contribution in [0.5, 0.6) is 0 Å². The van der Waals surface area contributed by atoms with Crippen LogP contribution in [-0.2, 0) is 6.42 Å². The zero-order valence-corrected chi connectivity index (χ0v) is 13.8. The van der Waals surface area contributed by atoms with Gasteiger partial charge in [0.2, 0.25) is 0 Å². The Hall–Kier alpha value is -1.51. The molecule has 0 aliphatic heterocycles. The maximum atomic E-state index is 14.3. The Morgan fingerprint density at radius 1 is 0.957 bits per heavy atom. The van der Waals surface area contributed by atoms with Gasteiger partial charge < -0.3 is 0 Å². The Balaban J connectivity index is 1.84. The van der Waals surface area contributed by atoms with Gasteiger partial charge in [-0.25, -0.2) is 13.2 Å². The lowest BCUT2D eigenvalue weighted by Crippen LogP contribution is -2.13. The molecule has 0 heterocycles. The first-order chi connectivity index (χ1) is 11.0. The maximum Gasteiger partial charge on any atom is 0.169 e. The van der Waals surface area contributed by atoms with E-state index in [4.69, 9.17) is 0 Å². The van der Waals surface area contributed by atoms with E-state index in [1.807, 2.05) is 0 Å². The van der Waals surface area contributed by atoms with Gasteiger partial charge in [-0.05, 0) is 54.2 Å². The molecule has 1 aliphatic carbocycles. The predicted octanol–water partition coefficient (Wildman–Crippen LogP) is 6.32. The third-order valence-corrected chi connectivity index (χ3v) is 5.35. The molecule has 2 aromatic carbocycles. The molecule has 0 nitrogen and oxygen atoms in total. The Labute approximate surface area is 135 Å².